The number of carbonyl (C=O) groups excluding carboxylic acids is 2. The zero-order valence-corrected chi connectivity index (χ0v) is 15.6. The number of anilines is 1. The summed E-state index contributed by atoms with van der Waals surface area (Å²) in [5, 5.41) is 13.5. The molecule has 2 rings (SSSR count). The predicted octanol–water partition coefficient (Wildman–Crippen LogP) is 1.58. The summed E-state index contributed by atoms with van der Waals surface area (Å²) >= 11 is 1.48. The molecule has 10 heteroatoms. The van der Waals surface area contributed by atoms with E-state index in [4.69, 9.17) is 0 Å². The van der Waals surface area contributed by atoms with Gasteiger partial charge in [-0.3, -0.25) is 29.1 Å². The maximum absolute atomic E-state index is 12.3. The van der Waals surface area contributed by atoms with Crippen LogP contribution in [0.1, 0.15) is 0 Å². The molecule has 0 saturated carbocycles. The van der Waals surface area contributed by atoms with Gasteiger partial charge in [0, 0.05) is 24.1 Å². The van der Waals surface area contributed by atoms with E-state index in [9.17, 15) is 24.5 Å². The number of carbonyl (C=O) groups is 2. The van der Waals surface area contributed by atoms with Crippen molar-refractivity contribution in [2.24, 2.45) is 0 Å². The largest absolute Gasteiger partial charge is 0.335 e. The Kier molecular flexibility index (Phi) is 6.72. The fraction of sp³-hybridized carbons (Fsp3) is 0.235. The number of para-hydroxylation sites is 1. The van der Waals surface area contributed by atoms with E-state index in [0.717, 1.165) is 32.7 Å². The number of benzene rings is 1. The van der Waals surface area contributed by atoms with Crippen molar-refractivity contribution in [3.63, 3.8) is 0 Å². The van der Waals surface area contributed by atoms with E-state index in [1.807, 2.05) is 18.4 Å². The number of aromatic nitrogens is 1. The van der Waals surface area contributed by atoms with E-state index in [-0.39, 0.29) is 12.2 Å². The maximum Gasteiger partial charge on any atom is 0.285 e. The minimum absolute atomic E-state index is 0.217. The van der Waals surface area contributed by atoms with Crippen LogP contribution in [0.4, 0.5) is 11.4 Å². The molecule has 0 saturated heterocycles. The molecule has 0 aliphatic heterocycles. The van der Waals surface area contributed by atoms with Gasteiger partial charge in [-0.2, -0.15) is 0 Å². The van der Waals surface area contributed by atoms with Crippen LogP contribution in [-0.2, 0) is 16.1 Å². The smallest absolute Gasteiger partial charge is 0.285 e. The molecule has 9 nitrogen and oxygen atoms in total. The molecule has 0 fully saturated rings. The number of pyridine rings is 1. The van der Waals surface area contributed by atoms with E-state index in [1.165, 1.54) is 18.8 Å². The molecule has 1 heterocycles. The third kappa shape index (κ3) is 5.42. The second-order valence-corrected chi connectivity index (χ2v) is 6.46. The molecule has 0 spiro atoms. The van der Waals surface area contributed by atoms with Crippen LogP contribution in [0.2, 0.25) is 0 Å². The van der Waals surface area contributed by atoms with Crippen molar-refractivity contribution in [3.05, 3.63) is 63.1 Å². The van der Waals surface area contributed by atoms with Gasteiger partial charge in [-0.25, -0.2) is 0 Å². The molecule has 2 amide bonds. The minimum Gasteiger partial charge on any atom is -0.335 e. The zero-order valence-electron chi connectivity index (χ0n) is 14.7. The number of hydrogen-bond donors (Lipinski definition) is 1. The normalized spacial score (nSPS) is 10.3. The fourth-order valence-corrected chi connectivity index (χ4v) is 2.81. The lowest BCUT2D eigenvalue weighted by Gasteiger charge is -2.18. The maximum atomic E-state index is 12.3. The molecule has 0 radical (unpaired) electrons. The summed E-state index contributed by atoms with van der Waals surface area (Å²) in [7, 11) is 1.42. The molecule has 0 aliphatic carbocycles. The summed E-state index contributed by atoms with van der Waals surface area (Å²) in [6.07, 6.45) is 2.89. The Morgan fingerprint density at radius 1 is 1.26 bits per heavy atom. The van der Waals surface area contributed by atoms with Gasteiger partial charge in [0.25, 0.3) is 11.2 Å². The molecule has 0 bridgehead atoms. The summed E-state index contributed by atoms with van der Waals surface area (Å²) in [5.74, 6) is -0.912. The second-order valence-electron chi connectivity index (χ2n) is 5.61. The van der Waals surface area contributed by atoms with Crippen molar-refractivity contribution < 1.29 is 14.5 Å². The number of hydrogen-bond acceptors (Lipinski definition) is 6. The molecule has 0 atom stereocenters. The Morgan fingerprint density at radius 3 is 2.63 bits per heavy atom. The fourth-order valence-electron chi connectivity index (χ4n) is 2.26. The highest BCUT2D eigenvalue weighted by atomic mass is 32.2. The molecule has 1 aromatic carbocycles. The Balaban J connectivity index is 2.01. The standard InChI is InChI=1S/C17H18N4O5S/c1-19(10-15(22)18-13-5-3-4-6-14(13)27-2)17(24)11-20-9-12(21(25)26)7-8-16(20)23/h3-9H,10-11H2,1-2H3,(H,18,22). The van der Waals surface area contributed by atoms with Crippen LogP contribution in [0.5, 0.6) is 0 Å². The number of thioether (sulfide) groups is 1. The topological polar surface area (TPSA) is 115 Å². The van der Waals surface area contributed by atoms with Crippen LogP contribution in [0.15, 0.2) is 52.3 Å². The van der Waals surface area contributed by atoms with Gasteiger partial charge in [0.15, 0.2) is 0 Å². The molecule has 0 unspecified atom stereocenters. The second kappa shape index (κ2) is 8.99. The SMILES string of the molecule is CSc1ccccc1NC(=O)CN(C)C(=O)Cn1cc([N+](=O)[O-])ccc1=O. The Labute approximate surface area is 159 Å². The van der Waals surface area contributed by atoms with Crippen LogP contribution < -0.4 is 10.9 Å². The third-order valence-electron chi connectivity index (χ3n) is 3.67. The molecule has 1 aromatic heterocycles. The van der Waals surface area contributed by atoms with Crippen LogP contribution in [-0.4, -0.2) is 46.1 Å². The highest BCUT2D eigenvalue weighted by Crippen LogP contribution is 2.24. The van der Waals surface area contributed by atoms with Gasteiger partial charge in [0.2, 0.25) is 11.8 Å². The number of nitro groups is 1. The average molecular weight is 390 g/mol. The highest BCUT2D eigenvalue weighted by molar-refractivity contribution is 7.98. The Hall–Kier alpha value is -3.14. The van der Waals surface area contributed by atoms with Crippen molar-refractivity contribution in [2.75, 3.05) is 25.2 Å². The number of nitrogens with zero attached hydrogens (tertiary/aromatic N) is 3. The summed E-state index contributed by atoms with van der Waals surface area (Å²) in [4.78, 5) is 48.4. The average Bonchev–Trinajstić information content (AvgIpc) is 2.63. The van der Waals surface area contributed by atoms with Gasteiger partial charge in [-0.15, -0.1) is 11.8 Å². The third-order valence-corrected chi connectivity index (χ3v) is 4.47. The minimum atomic E-state index is -0.652. The summed E-state index contributed by atoms with van der Waals surface area (Å²) in [6.45, 7) is -0.614. The molecule has 0 aliphatic rings. The van der Waals surface area contributed by atoms with Crippen LogP contribution in [0.3, 0.4) is 0 Å². The summed E-state index contributed by atoms with van der Waals surface area (Å²) in [5.41, 5.74) is -0.192. The van der Waals surface area contributed by atoms with E-state index >= 15 is 0 Å². The first kappa shape index (κ1) is 20.2. The zero-order chi connectivity index (χ0) is 20.0. The van der Waals surface area contributed by atoms with Crippen molar-refractivity contribution in [1.82, 2.24) is 9.47 Å². The van der Waals surface area contributed by atoms with Gasteiger partial charge < -0.3 is 10.2 Å². The lowest BCUT2D eigenvalue weighted by molar-refractivity contribution is -0.385. The van der Waals surface area contributed by atoms with Gasteiger partial charge in [-0.1, -0.05) is 12.1 Å². The first-order valence-corrected chi connectivity index (χ1v) is 9.06. The quantitative estimate of drug-likeness (QED) is 0.436. The summed E-state index contributed by atoms with van der Waals surface area (Å²) < 4.78 is 0.942. The first-order valence-electron chi connectivity index (χ1n) is 7.83. The van der Waals surface area contributed by atoms with Crippen molar-refractivity contribution >= 4 is 35.0 Å². The molecular formula is C17H18N4O5S. The van der Waals surface area contributed by atoms with E-state index < -0.39 is 28.8 Å². The molecule has 2 aromatic rings. The molecular weight excluding hydrogens is 372 g/mol. The predicted molar refractivity (Wildman–Crippen MR) is 102 cm³/mol. The van der Waals surface area contributed by atoms with Crippen molar-refractivity contribution in [1.29, 1.82) is 0 Å². The highest BCUT2D eigenvalue weighted by Gasteiger charge is 2.16. The van der Waals surface area contributed by atoms with Gasteiger partial charge in [0.1, 0.15) is 6.54 Å². The number of rotatable bonds is 7. The first-order chi connectivity index (χ1) is 12.8. The lowest BCUT2D eigenvalue weighted by atomic mass is 10.3. The lowest BCUT2D eigenvalue weighted by Crippen LogP contribution is -2.38. The molecule has 1 N–H and O–H groups in total. The van der Waals surface area contributed by atoms with E-state index in [0.29, 0.717) is 5.69 Å². The Morgan fingerprint density at radius 2 is 1.96 bits per heavy atom. The number of amides is 2. The summed E-state index contributed by atoms with van der Waals surface area (Å²) in [6, 6.07) is 9.37. The van der Waals surface area contributed by atoms with Crippen LogP contribution >= 0.6 is 11.8 Å². The van der Waals surface area contributed by atoms with E-state index in [2.05, 4.69) is 5.32 Å². The van der Waals surface area contributed by atoms with Crippen LogP contribution in [0, 0.1) is 10.1 Å². The Bertz CT molecular complexity index is 928. The number of likely N-dealkylation sites (N-methyl/N-ethyl adjacent to an activating group) is 1. The molecule has 142 valence electrons. The molecule has 27 heavy (non-hydrogen) atoms. The van der Waals surface area contributed by atoms with Gasteiger partial charge >= 0.3 is 0 Å². The van der Waals surface area contributed by atoms with Crippen molar-refractivity contribution in [2.45, 2.75) is 11.4 Å². The monoisotopic (exact) mass is 390 g/mol. The van der Waals surface area contributed by atoms with Gasteiger partial charge in [0.05, 0.1) is 23.4 Å². The van der Waals surface area contributed by atoms with Crippen LogP contribution in [0.25, 0.3) is 0 Å². The van der Waals surface area contributed by atoms with Crippen molar-refractivity contribution in [3.8, 4) is 0 Å². The van der Waals surface area contributed by atoms with E-state index in [1.54, 1.807) is 12.1 Å². The van der Waals surface area contributed by atoms with Gasteiger partial charge in [-0.05, 0) is 18.4 Å². The number of nitrogens with one attached hydrogen (secondary N) is 1.